The van der Waals surface area contributed by atoms with E-state index in [2.05, 4.69) is 9.97 Å². The van der Waals surface area contributed by atoms with Crippen LogP contribution in [0.25, 0.3) is 22.4 Å². The topological polar surface area (TPSA) is 79.0 Å². The molecule has 0 aliphatic rings. The van der Waals surface area contributed by atoms with Crippen molar-refractivity contribution >= 4 is 22.8 Å². The summed E-state index contributed by atoms with van der Waals surface area (Å²) in [6, 6.07) is 24.3. The van der Waals surface area contributed by atoms with Crippen molar-refractivity contribution in [1.82, 2.24) is 19.1 Å². The Morgan fingerprint density at radius 1 is 0.857 bits per heavy atom. The lowest BCUT2D eigenvalue weighted by Gasteiger charge is -2.14. The van der Waals surface area contributed by atoms with Crippen LogP contribution >= 0.6 is 11.8 Å². The van der Waals surface area contributed by atoms with Gasteiger partial charge in [0.05, 0.1) is 11.4 Å². The summed E-state index contributed by atoms with van der Waals surface area (Å²) in [5.41, 5.74) is 2.44. The van der Waals surface area contributed by atoms with Gasteiger partial charge in [0.25, 0.3) is 5.56 Å². The van der Waals surface area contributed by atoms with Crippen LogP contribution < -0.4 is 16.0 Å². The van der Waals surface area contributed by atoms with Gasteiger partial charge in [0.15, 0.2) is 10.8 Å². The third-order valence-corrected chi connectivity index (χ3v) is 6.15. The predicted octanol–water partition coefficient (Wildman–Crippen LogP) is 4.54. The Hall–Kier alpha value is -4.17. The van der Waals surface area contributed by atoms with E-state index in [-0.39, 0.29) is 11.0 Å². The maximum Gasteiger partial charge on any atom is 0.341 e. The second kappa shape index (κ2) is 9.60. The van der Waals surface area contributed by atoms with E-state index < -0.39 is 11.2 Å². The van der Waals surface area contributed by atoms with E-state index in [0.29, 0.717) is 28.9 Å². The normalized spacial score (nSPS) is 11.0. The van der Waals surface area contributed by atoms with Crippen LogP contribution in [0.2, 0.25) is 0 Å². The van der Waals surface area contributed by atoms with E-state index in [9.17, 15) is 9.59 Å². The van der Waals surface area contributed by atoms with Crippen LogP contribution in [0.5, 0.6) is 5.75 Å². The second-order valence-electron chi connectivity index (χ2n) is 7.96. The van der Waals surface area contributed by atoms with Crippen LogP contribution in [0.4, 0.5) is 0 Å². The first-order valence-corrected chi connectivity index (χ1v) is 12.2. The minimum absolute atomic E-state index is 0.257. The molecule has 0 amide bonds. The molecule has 0 spiro atoms. The van der Waals surface area contributed by atoms with Crippen LogP contribution in [0, 0.1) is 6.92 Å². The molecule has 174 valence electrons. The van der Waals surface area contributed by atoms with E-state index in [1.165, 1.54) is 22.5 Å². The summed E-state index contributed by atoms with van der Waals surface area (Å²) in [4.78, 5) is 35.8. The lowest BCUT2D eigenvalue weighted by Crippen LogP contribution is -2.38. The Morgan fingerprint density at radius 2 is 1.51 bits per heavy atom. The average molecular weight is 483 g/mol. The predicted molar refractivity (Wildman–Crippen MR) is 138 cm³/mol. The van der Waals surface area contributed by atoms with Gasteiger partial charge in [0.1, 0.15) is 17.7 Å². The Balaban J connectivity index is 1.63. The van der Waals surface area contributed by atoms with E-state index in [1.54, 1.807) is 36.4 Å². The largest absolute Gasteiger partial charge is 0.489 e. The Morgan fingerprint density at radius 3 is 2.20 bits per heavy atom. The molecule has 35 heavy (non-hydrogen) atoms. The van der Waals surface area contributed by atoms with Crippen molar-refractivity contribution in [1.29, 1.82) is 0 Å². The SMILES string of the molecule is CSc1ncc2c(=O)n(-c3ccc(C)cc3)c(=O)n(-c3ccc(OCc4ccccc4)cc3)c2n1. The first kappa shape index (κ1) is 22.6. The molecule has 0 unspecified atom stereocenters. The first-order valence-electron chi connectivity index (χ1n) is 11.0. The number of benzene rings is 3. The quantitative estimate of drug-likeness (QED) is 0.261. The average Bonchev–Trinajstić information content (AvgIpc) is 2.89. The molecule has 0 N–H and O–H groups in total. The fourth-order valence-electron chi connectivity index (χ4n) is 3.76. The Kier molecular flexibility index (Phi) is 6.20. The molecule has 3 aromatic carbocycles. The van der Waals surface area contributed by atoms with Gasteiger partial charge < -0.3 is 4.74 Å². The minimum Gasteiger partial charge on any atom is -0.489 e. The molecule has 5 rings (SSSR count). The van der Waals surface area contributed by atoms with Crippen LogP contribution in [-0.2, 0) is 6.61 Å². The Bertz CT molecular complexity index is 1610. The lowest BCUT2D eigenvalue weighted by molar-refractivity contribution is 0.306. The summed E-state index contributed by atoms with van der Waals surface area (Å²) in [5.74, 6) is 0.668. The monoisotopic (exact) mass is 482 g/mol. The molecule has 2 heterocycles. The van der Waals surface area contributed by atoms with Gasteiger partial charge in [-0.25, -0.2) is 23.9 Å². The highest BCUT2D eigenvalue weighted by molar-refractivity contribution is 7.98. The molecule has 0 atom stereocenters. The van der Waals surface area contributed by atoms with E-state index in [4.69, 9.17) is 4.74 Å². The molecule has 0 saturated carbocycles. The molecule has 0 aliphatic heterocycles. The molecular formula is C27H22N4O3S. The third kappa shape index (κ3) is 4.48. The molecule has 5 aromatic rings. The number of thioether (sulfide) groups is 1. The summed E-state index contributed by atoms with van der Waals surface area (Å²) in [7, 11) is 0. The summed E-state index contributed by atoms with van der Waals surface area (Å²) in [5, 5.41) is 0.730. The zero-order valence-corrected chi connectivity index (χ0v) is 20.0. The van der Waals surface area contributed by atoms with Gasteiger partial charge in [0, 0.05) is 6.20 Å². The van der Waals surface area contributed by atoms with Crippen LogP contribution in [0.15, 0.2) is 99.8 Å². The van der Waals surface area contributed by atoms with Gasteiger partial charge in [-0.2, -0.15) is 0 Å². The molecule has 7 nitrogen and oxygen atoms in total. The number of aryl methyl sites for hydroxylation is 1. The van der Waals surface area contributed by atoms with E-state index >= 15 is 0 Å². The van der Waals surface area contributed by atoms with Crippen LogP contribution in [0.1, 0.15) is 11.1 Å². The van der Waals surface area contributed by atoms with Crippen molar-refractivity contribution in [2.24, 2.45) is 0 Å². The van der Waals surface area contributed by atoms with Gasteiger partial charge in [0.2, 0.25) is 0 Å². The fraction of sp³-hybridized carbons (Fsp3) is 0.111. The van der Waals surface area contributed by atoms with Crippen LogP contribution in [-0.4, -0.2) is 25.4 Å². The smallest absolute Gasteiger partial charge is 0.341 e. The number of hydrogen-bond donors (Lipinski definition) is 0. The highest BCUT2D eigenvalue weighted by atomic mass is 32.2. The minimum atomic E-state index is -0.505. The van der Waals surface area contributed by atoms with E-state index in [1.807, 2.05) is 55.6 Å². The number of ether oxygens (including phenoxy) is 1. The number of nitrogens with zero attached hydrogens (tertiary/aromatic N) is 4. The number of aromatic nitrogens is 4. The molecular weight excluding hydrogens is 460 g/mol. The second-order valence-corrected chi connectivity index (χ2v) is 8.73. The molecule has 8 heteroatoms. The van der Waals surface area contributed by atoms with Crippen molar-refractivity contribution in [3.05, 3.63) is 117 Å². The zero-order valence-electron chi connectivity index (χ0n) is 19.2. The lowest BCUT2D eigenvalue weighted by atomic mass is 10.2. The van der Waals surface area contributed by atoms with E-state index in [0.717, 1.165) is 15.7 Å². The van der Waals surface area contributed by atoms with Gasteiger partial charge in [-0.05, 0) is 55.1 Å². The molecule has 0 fully saturated rings. The van der Waals surface area contributed by atoms with Crippen molar-refractivity contribution in [3.63, 3.8) is 0 Å². The maximum atomic E-state index is 13.7. The zero-order chi connectivity index (χ0) is 24.4. The van der Waals surface area contributed by atoms with Crippen molar-refractivity contribution < 1.29 is 4.74 Å². The molecule has 0 saturated heterocycles. The van der Waals surface area contributed by atoms with Crippen molar-refractivity contribution in [2.45, 2.75) is 18.7 Å². The third-order valence-electron chi connectivity index (χ3n) is 5.59. The highest BCUT2D eigenvalue weighted by Gasteiger charge is 2.18. The highest BCUT2D eigenvalue weighted by Crippen LogP contribution is 2.20. The van der Waals surface area contributed by atoms with Gasteiger partial charge >= 0.3 is 5.69 Å². The summed E-state index contributed by atoms with van der Waals surface area (Å²) >= 11 is 1.34. The number of hydrogen-bond acceptors (Lipinski definition) is 6. The summed E-state index contributed by atoms with van der Waals surface area (Å²) < 4.78 is 8.49. The van der Waals surface area contributed by atoms with Crippen LogP contribution in [0.3, 0.4) is 0 Å². The summed E-state index contributed by atoms with van der Waals surface area (Å²) in [6.07, 6.45) is 3.32. The molecule has 0 radical (unpaired) electrons. The van der Waals surface area contributed by atoms with Gasteiger partial charge in [-0.1, -0.05) is 59.8 Å². The summed E-state index contributed by atoms with van der Waals surface area (Å²) in [6.45, 7) is 2.39. The standard InChI is InChI=1S/C27H22N4O3S/c1-18-8-10-21(11-9-18)31-25(32)23-16-28-26(35-2)29-24(23)30(27(31)33)20-12-14-22(15-13-20)34-17-19-6-4-3-5-7-19/h3-16H,17H2,1-2H3. The maximum absolute atomic E-state index is 13.7. The van der Waals surface area contributed by atoms with Crippen molar-refractivity contribution in [2.75, 3.05) is 6.26 Å². The molecule has 0 bridgehead atoms. The van der Waals surface area contributed by atoms with Gasteiger partial charge in [-0.3, -0.25) is 4.79 Å². The van der Waals surface area contributed by atoms with Crippen molar-refractivity contribution in [3.8, 4) is 17.1 Å². The first-order chi connectivity index (χ1) is 17.0. The number of fused-ring (bicyclic) bond motifs is 1. The number of rotatable bonds is 6. The Labute approximate surface area is 205 Å². The van der Waals surface area contributed by atoms with Gasteiger partial charge in [-0.15, -0.1) is 0 Å². The molecule has 2 aromatic heterocycles. The molecule has 0 aliphatic carbocycles. The fourth-order valence-corrected chi connectivity index (χ4v) is 4.10.